The molecular formula is C24H25FN4O3. The Kier molecular flexibility index (Phi) is 5.80. The second-order valence-electron chi connectivity index (χ2n) is 8.18. The second kappa shape index (κ2) is 8.55. The van der Waals surface area contributed by atoms with Crippen molar-refractivity contribution in [3.05, 3.63) is 77.0 Å². The number of carbonyl (C=O) groups is 2. The summed E-state index contributed by atoms with van der Waals surface area (Å²) in [7, 11) is 3.84. The predicted octanol–water partition coefficient (Wildman–Crippen LogP) is 3.16. The summed E-state index contributed by atoms with van der Waals surface area (Å²) in [4.78, 5) is 34.0. The Morgan fingerprint density at radius 2 is 1.97 bits per heavy atom. The van der Waals surface area contributed by atoms with E-state index in [9.17, 15) is 19.1 Å². The standard InChI is InChI=1S/C24H25FN4O3/c1-15-20(28-12-5-4-10-18(28)26-15)22(30)19-21(16-8-6-9-17(25)14-16)29(24(32)23(19)31)13-7-11-27(2)3/h4-6,8-10,12,14,21,30H,7,11,13H2,1-3H3/b22-19+/t21-/m1/s1. The van der Waals surface area contributed by atoms with Gasteiger partial charge in [-0.05, 0) is 63.8 Å². The highest BCUT2D eigenvalue weighted by molar-refractivity contribution is 6.46. The molecule has 1 aromatic carbocycles. The van der Waals surface area contributed by atoms with E-state index in [-0.39, 0.29) is 11.3 Å². The summed E-state index contributed by atoms with van der Waals surface area (Å²) in [6, 6.07) is 10.3. The highest BCUT2D eigenvalue weighted by Crippen LogP contribution is 2.40. The molecule has 0 saturated carbocycles. The second-order valence-corrected chi connectivity index (χ2v) is 8.18. The van der Waals surface area contributed by atoms with Crippen LogP contribution in [0.4, 0.5) is 4.39 Å². The van der Waals surface area contributed by atoms with Gasteiger partial charge in [-0.3, -0.25) is 14.0 Å². The normalized spacial score (nSPS) is 18.3. The van der Waals surface area contributed by atoms with E-state index in [2.05, 4.69) is 4.98 Å². The first kappa shape index (κ1) is 21.7. The molecule has 1 aliphatic heterocycles. The molecule has 0 radical (unpaired) electrons. The third-order valence-corrected chi connectivity index (χ3v) is 5.64. The molecule has 1 atom stereocenters. The fraction of sp³-hybridized carbons (Fsp3) is 0.292. The summed E-state index contributed by atoms with van der Waals surface area (Å²) in [5, 5.41) is 11.3. The summed E-state index contributed by atoms with van der Waals surface area (Å²) in [6.07, 6.45) is 2.36. The number of aliphatic hydroxyl groups excluding tert-OH is 1. The zero-order valence-electron chi connectivity index (χ0n) is 18.2. The van der Waals surface area contributed by atoms with Crippen LogP contribution < -0.4 is 0 Å². The molecule has 1 amide bonds. The number of Topliss-reactive ketones (excluding diaryl/α,β-unsaturated/α-hetero) is 1. The largest absolute Gasteiger partial charge is 0.505 e. The summed E-state index contributed by atoms with van der Waals surface area (Å²) in [5.41, 5.74) is 1.84. The molecule has 3 heterocycles. The molecule has 1 fully saturated rings. The van der Waals surface area contributed by atoms with Crippen molar-refractivity contribution in [3.8, 4) is 0 Å². The van der Waals surface area contributed by atoms with Gasteiger partial charge in [-0.1, -0.05) is 18.2 Å². The van der Waals surface area contributed by atoms with E-state index >= 15 is 0 Å². The van der Waals surface area contributed by atoms with Crippen molar-refractivity contribution in [2.45, 2.75) is 19.4 Å². The van der Waals surface area contributed by atoms with Crippen molar-refractivity contribution in [2.75, 3.05) is 27.2 Å². The highest BCUT2D eigenvalue weighted by Gasteiger charge is 2.46. The molecule has 0 spiro atoms. The van der Waals surface area contributed by atoms with Gasteiger partial charge in [-0.15, -0.1) is 0 Å². The number of likely N-dealkylation sites (tertiary alicyclic amines) is 1. The molecule has 4 rings (SSSR count). The number of fused-ring (bicyclic) bond motifs is 1. The van der Waals surface area contributed by atoms with Crippen LogP contribution in [0.15, 0.2) is 54.2 Å². The number of imidazole rings is 1. The molecule has 0 unspecified atom stereocenters. The van der Waals surface area contributed by atoms with Crippen molar-refractivity contribution in [2.24, 2.45) is 0 Å². The Labute approximate surface area is 185 Å². The lowest BCUT2D eigenvalue weighted by Gasteiger charge is -2.26. The maximum Gasteiger partial charge on any atom is 0.295 e. The van der Waals surface area contributed by atoms with Crippen molar-refractivity contribution in [1.29, 1.82) is 0 Å². The molecule has 32 heavy (non-hydrogen) atoms. The van der Waals surface area contributed by atoms with Crippen molar-refractivity contribution < 1.29 is 19.1 Å². The van der Waals surface area contributed by atoms with Crippen molar-refractivity contribution in [3.63, 3.8) is 0 Å². The van der Waals surface area contributed by atoms with Gasteiger partial charge in [-0.2, -0.15) is 0 Å². The Morgan fingerprint density at radius 3 is 2.69 bits per heavy atom. The molecule has 166 valence electrons. The maximum absolute atomic E-state index is 14.1. The molecule has 2 aromatic heterocycles. The fourth-order valence-corrected chi connectivity index (χ4v) is 4.22. The van der Waals surface area contributed by atoms with Gasteiger partial charge in [0, 0.05) is 12.7 Å². The predicted molar refractivity (Wildman–Crippen MR) is 119 cm³/mol. The number of halogens is 1. The maximum atomic E-state index is 14.1. The first-order valence-electron chi connectivity index (χ1n) is 10.4. The van der Waals surface area contributed by atoms with Gasteiger partial charge >= 0.3 is 0 Å². The molecule has 8 heteroatoms. The lowest BCUT2D eigenvalue weighted by molar-refractivity contribution is -0.139. The van der Waals surface area contributed by atoms with E-state index in [1.807, 2.05) is 25.1 Å². The molecule has 1 saturated heterocycles. The van der Waals surface area contributed by atoms with Crippen LogP contribution in [0.3, 0.4) is 0 Å². The molecule has 0 bridgehead atoms. The molecule has 0 aliphatic carbocycles. The SMILES string of the molecule is Cc1nc2ccccn2c1/C(O)=C1\C(=O)C(=O)N(CCCN(C)C)[C@@H]1c1cccc(F)c1. The number of pyridine rings is 1. The number of rotatable bonds is 6. The smallest absolute Gasteiger partial charge is 0.295 e. The van der Waals surface area contributed by atoms with Crippen LogP contribution in [-0.2, 0) is 9.59 Å². The third-order valence-electron chi connectivity index (χ3n) is 5.64. The van der Waals surface area contributed by atoms with Gasteiger partial charge in [0.1, 0.15) is 17.2 Å². The number of hydrogen-bond acceptors (Lipinski definition) is 5. The molecular weight excluding hydrogens is 411 g/mol. The number of aliphatic hydroxyl groups is 1. The van der Waals surface area contributed by atoms with Gasteiger partial charge in [0.25, 0.3) is 11.7 Å². The Balaban J connectivity index is 1.89. The van der Waals surface area contributed by atoms with E-state index in [4.69, 9.17) is 0 Å². The number of amides is 1. The zero-order chi connectivity index (χ0) is 23.0. The van der Waals surface area contributed by atoms with Crippen molar-refractivity contribution in [1.82, 2.24) is 19.2 Å². The minimum Gasteiger partial charge on any atom is -0.505 e. The lowest BCUT2D eigenvalue weighted by Crippen LogP contribution is -2.32. The minimum absolute atomic E-state index is 0.0563. The van der Waals surface area contributed by atoms with Gasteiger partial charge in [0.2, 0.25) is 0 Å². The average molecular weight is 436 g/mol. The van der Waals surface area contributed by atoms with E-state index in [0.717, 1.165) is 0 Å². The van der Waals surface area contributed by atoms with E-state index in [1.165, 1.54) is 23.1 Å². The van der Waals surface area contributed by atoms with Crippen LogP contribution in [0.1, 0.15) is 29.4 Å². The van der Waals surface area contributed by atoms with Crippen LogP contribution in [-0.4, -0.2) is 63.2 Å². The minimum atomic E-state index is -0.887. The average Bonchev–Trinajstić information content (AvgIpc) is 3.21. The van der Waals surface area contributed by atoms with Crippen LogP contribution in [0.25, 0.3) is 11.4 Å². The number of ketones is 1. The topological polar surface area (TPSA) is 78.1 Å². The molecule has 7 nitrogen and oxygen atoms in total. The molecule has 1 aliphatic rings. The summed E-state index contributed by atoms with van der Waals surface area (Å²) in [5.74, 6) is -2.28. The quantitative estimate of drug-likeness (QED) is 0.365. The highest BCUT2D eigenvalue weighted by atomic mass is 19.1. The summed E-state index contributed by atoms with van der Waals surface area (Å²) >= 11 is 0. The van der Waals surface area contributed by atoms with Gasteiger partial charge in [0.05, 0.1) is 17.3 Å². The Hall–Kier alpha value is -3.52. The number of carbonyl (C=O) groups excluding carboxylic acids is 2. The Morgan fingerprint density at radius 1 is 1.19 bits per heavy atom. The van der Waals surface area contributed by atoms with Crippen LogP contribution in [0.2, 0.25) is 0 Å². The number of aromatic nitrogens is 2. The number of aryl methyl sites for hydroxylation is 1. The molecule has 3 aromatic rings. The molecule has 1 N–H and O–H groups in total. The van der Waals surface area contributed by atoms with Crippen LogP contribution in [0.5, 0.6) is 0 Å². The van der Waals surface area contributed by atoms with Gasteiger partial charge in [0.15, 0.2) is 5.76 Å². The monoisotopic (exact) mass is 436 g/mol. The first-order chi connectivity index (χ1) is 15.3. The van der Waals surface area contributed by atoms with Crippen LogP contribution >= 0.6 is 0 Å². The van der Waals surface area contributed by atoms with Crippen molar-refractivity contribution >= 4 is 23.1 Å². The third kappa shape index (κ3) is 3.78. The van der Waals surface area contributed by atoms with Crippen LogP contribution in [0, 0.1) is 12.7 Å². The summed E-state index contributed by atoms with van der Waals surface area (Å²) < 4.78 is 15.8. The van der Waals surface area contributed by atoms with E-state index < -0.39 is 23.5 Å². The van der Waals surface area contributed by atoms with Gasteiger partial charge in [-0.25, -0.2) is 9.37 Å². The van der Waals surface area contributed by atoms with E-state index in [0.29, 0.717) is 42.1 Å². The first-order valence-corrected chi connectivity index (χ1v) is 10.4. The lowest BCUT2D eigenvalue weighted by atomic mass is 9.96. The zero-order valence-corrected chi connectivity index (χ0v) is 18.2. The number of benzene rings is 1. The number of hydrogen-bond donors (Lipinski definition) is 1. The number of nitrogens with zero attached hydrogens (tertiary/aromatic N) is 4. The fourth-order valence-electron chi connectivity index (χ4n) is 4.22. The van der Waals surface area contributed by atoms with Gasteiger partial charge < -0.3 is 14.9 Å². The van der Waals surface area contributed by atoms with E-state index in [1.54, 1.807) is 35.7 Å². The Bertz CT molecular complexity index is 1230. The summed E-state index contributed by atoms with van der Waals surface area (Å²) in [6.45, 7) is 2.74.